The van der Waals surface area contributed by atoms with Crippen LogP contribution in [0, 0.1) is 0 Å². The van der Waals surface area contributed by atoms with E-state index >= 15 is 0 Å². The van der Waals surface area contributed by atoms with Gasteiger partial charge in [0.1, 0.15) is 18.5 Å². The molecule has 2 atom stereocenters. The Morgan fingerprint density at radius 2 is 2.42 bits per heavy atom. The van der Waals surface area contributed by atoms with E-state index in [0.717, 1.165) is 16.0 Å². The van der Waals surface area contributed by atoms with Gasteiger partial charge in [0.15, 0.2) is 0 Å². The summed E-state index contributed by atoms with van der Waals surface area (Å²) in [5.41, 5.74) is 0. The molecule has 0 spiro atoms. The molecule has 1 saturated heterocycles. The first-order valence-electron chi connectivity index (χ1n) is 6.61. The molecule has 1 heterocycles. The van der Waals surface area contributed by atoms with Gasteiger partial charge in [0.25, 0.3) is 0 Å². The van der Waals surface area contributed by atoms with Gasteiger partial charge in [0, 0.05) is 22.8 Å². The third-order valence-corrected chi connectivity index (χ3v) is 4.75. The standard InChI is InChI=1S/C14H20BrNO2S/c15-11-3-1-5-14(7-11)18-9-13(17)8-16-12-4-2-6-19-10-12/h1,3,5,7,12-13,16-17H,2,4,6,8-10H2. The van der Waals surface area contributed by atoms with Crippen molar-refractivity contribution in [3.8, 4) is 5.75 Å². The predicted molar refractivity (Wildman–Crippen MR) is 84.0 cm³/mol. The largest absolute Gasteiger partial charge is 0.491 e. The molecular formula is C14H20BrNO2S. The van der Waals surface area contributed by atoms with E-state index < -0.39 is 6.10 Å². The molecule has 5 heteroatoms. The van der Waals surface area contributed by atoms with Crippen LogP contribution in [0.4, 0.5) is 0 Å². The number of rotatable bonds is 6. The number of benzene rings is 1. The topological polar surface area (TPSA) is 41.5 Å². The van der Waals surface area contributed by atoms with Gasteiger partial charge in [-0.15, -0.1) is 0 Å². The maximum absolute atomic E-state index is 9.90. The number of aliphatic hydroxyl groups excluding tert-OH is 1. The van der Waals surface area contributed by atoms with Crippen molar-refractivity contribution >= 4 is 27.7 Å². The van der Waals surface area contributed by atoms with Crippen LogP contribution in [0.5, 0.6) is 5.75 Å². The minimum Gasteiger partial charge on any atom is -0.491 e. The van der Waals surface area contributed by atoms with E-state index in [-0.39, 0.29) is 0 Å². The van der Waals surface area contributed by atoms with Crippen molar-refractivity contribution in [2.75, 3.05) is 24.7 Å². The smallest absolute Gasteiger partial charge is 0.120 e. The van der Waals surface area contributed by atoms with Crippen LogP contribution in [0.25, 0.3) is 0 Å². The zero-order valence-corrected chi connectivity index (χ0v) is 13.3. The Kier molecular flexibility index (Phi) is 6.50. The summed E-state index contributed by atoms with van der Waals surface area (Å²) in [5.74, 6) is 3.20. The summed E-state index contributed by atoms with van der Waals surface area (Å²) in [6.45, 7) is 0.919. The minimum absolute atomic E-state index is 0.323. The van der Waals surface area contributed by atoms with Gasteiger partial charge in [0.05, 0.1) is 0 Å². The van der Waals surface area contributed by atoms with Crippen LogP contribution in [0.2, 0.25) is 0 Å². The molecule has 0 radical (unpaired) electrons. The number of aliphatic hydroxyl groups is 1. The summed E-state index contributed by atoms with van der Waals surface area (Å²) in [6, 6.07) is 8.20. The molecule has 2 unspecified atom stereocenters. The van der Waals surface area contributed by atoms with Crippen LogP contribution < -0.4 is 10.1 Å². The zero-order chi connectivity index (χ0) is 13.5. The van der Waals surface area contributed by atoms with E-state index in [2.05, 4.69) is 21.2 Å². The highest BCUT2D eigenvalue weighted by molar-refractivity contribution is 9.10. The van der Waals surface area contributed by atoms with Crippen LogP contribution in [0.15, 0.2) is 28.7 Å². The molecule has 1 aliphatic rings. The molecule has 106 valence electrons. The molecule has 1 aliphatic heterocycles. The van der Waals surface area contributed by atoms with Crippen molar-refractivity contribution in [3.63, 3.8) is 0 Å². The zero-order valence-electron chi connectivity index (χ0n) is 10.8. The number of hydrogen-bond donors (Lipinski definition) is 2. The number of thioether (sulfide) groups is 1. The Morgan fingerprint density at radius 1 is 1.53 bits per heavy atom. The molecule has 0 amide bonds. The Balaban J connectivity index is 1.65. The van der Waals surface area contributed by atoms with Crippen LogP contribution in [0.3, 0.4) is 0 Å². The van der Waals surface area contributed by atoms with E-state index in [0.29, 0.717) is 19.2 Å². The second-order valence-electron chi connectivity index (χ2n) is 4.74. The fourth-order valence-electron chi connectivity index (χ4n) is 2.01. The molecule has 0 aliphatic carbocycles. The van der Waals surface area contributed by atoms with Crippen LogP contribution in [-0.2, 0) is 0 Å². The summed E-state index contributed by atoms with van der Waals surface area (Å²) in [6.07, 6.45) is 2.02. The second-order valence-corrected chi connectivity index (χ2v) is 6.81. The van der Waals surface area contributed by atoms with Gasteiger partial charge in [-0.05, 0) is 36.8 Å². The monoisotopic (exact) mass is 345 g/mol. The van der Waals surface area contributed by atoms with Gasteiger partial charge < -0.3 is 15.2 Å². The lowest BCUT2D eigenvalue weighted by Gasteiger charge is -2.24. The SMILES string of the molecule is OC(CNC1CCCSC1)COc1cccc(Br)c1. The number of hydrogen-bond acceptors (Lipinski definition) is 4. The Bertz CT molecular complexity index is 385. The molecule has 0 bridgehead atoms. The molecule has 0 saturated carbocycles. The summed E-state index contributed by atoms with van der Waals surface area (Å²) < 4.78 is 6.55. The molecule has 2 rings (SSSR count). The molecular weight excluding hydrogens is 326 g/mol. The minimum atomic E-state index is -0.467. The van der Waals surface area contributed by atoms with Crippen LogP contribution >= 0.6 is 27.7 Å². The lowest BCUT2D eigenvalue weighted by Crippen LogP contribution is -2.40. The maximum Gasteiger partial charge on any atom is 0.120 e. The van der Waals surface area contributed by atoms with Gasteiger partial charge in [0.2, 0.25) is 0 Å². The lowest BCUT2D eigenvalue weighted by molar-refractivity contribution is 0.104. The van der Waals surface area contributed by atoms with E-state index in [9.17, 15) is 5.11 Å². The quantitative estimate of drug-likeness (QED) is 0.831. The number of halogens is 1. The third-order valence-electron chi connectivity index (χ3n) is 3.04. The molecule has 1 aromatic rings. The molecule has 0 aromatic heterocycles. The van der Waals surface area contributed by atoms with Crippen molar-refractivity contribution < 1.29 is 9.84 Å². The third kappa shape index (κ3) is 5.73. The van der Waals surface area contributed by atoms with Gasteiger partial charge >= 0.3 is 0 Å². The normalized spacial score (nSPS) is 21.1. The second kappa shape index (κ2) is 8.15. The first kappa shape index (κ1) is 15.2. The summed E-state index contributed by atoms with van der Waals surface area (Å²) >= 11 is 5.38. The highest BCUT2D eigenvalue weighted by Gasteiger charge is 2.14. The molecule has 3 nitrogen and oxygen atoms in total. The van der Waals surface area contributed by atoms with Gasteiger partial charge in [-0.3, -0.25) is 0 Å². The highest BCUT2D eigenvalue weighted by atomic mass is 79.9. The van der Waals surface area contributed by atoms with Crippen molar-refractivity contribution in [2.45, 2.75) is 25.0 Å². The fourth-order valence-corrected chi connectivity index (χ4v) is 3.50. The van der Waals surface area contributed by atoms with Gasteiger partial charge in [-0.2, -0.15) is 11.8 Å². The van der Waals surface area contributed by atoms with E-state index in [1.807, 2.05) is 36.0 Å². The summed E-state index contributed by atoms with van der Waals surface area (Å²) in [7, 11) is 0. The Hall–Kier alpha value is -0.230. The Morgan fingerprint density at radius 3 is 3.16 bits per heavy atom. The summed E-state index contributed by atoms with van der Waals surface area (Å²) in [5, 5.41) is 13.3. The van der Waals surface area contributed by atoms with Crippen molar-refractivity contribution in [1.82, 2.24) is 5.32 Å². The molecule has 1 aromatic carbocycles. The average Bonchev–Trinajstić information content (AvgIpc) is 2.44. The first-order valence-corrected chi connectivity index (χ1v) is 8.56. The number of ether oxygens (including phenoxy) is 1. The molecule has 1 fully saturated rings. The lowest BCUT2D eigenvalue weighted by atomic mass is 10.2. The van der Waals surface area contributed by atoms with E-state index in [4.69, 9.17) is 4.74 Å². The van der Waals surface area contributed by atoms with E-state index in [1.165, 1.54) is 18.6 Å². The Labute approximate surface area is 127 Å². The number of nitrogens with one attached hydrogen (secondary N) is 1. The van der Waals surface area contributed by atoms with Crippen molar-refractivity contribution in [2.24, 2.45) is 0 Å². The van der Waals surface area contributed by atoms with Crippen molar-refractivity contribution in [3.05, 3.63) is 28.7 Å². The summed E-state index contributed by atoms with van der Waals surface area (Å²) in [4.78, 5) is 0. The predicted octanol–water partition coefficient (Wildman–Crippen LogP) is 2.67. The van der Waals surface area contributed by atoms with Crippen LogP contribution in [-0.4, -0.2) is 41.9 Å². The highest BCUT2D eigenvalue weighted by Crippen LogP contribution is 2.18. The molecule has 2 N–H and O–H groups in total. The van der Waals surface area contributed by atoms with Gasteiger partial charge in [-0.25, -0.2) is 0 Å². The van der Waals surface area contributed by atoms with Gasteiger partial charge in [-0.1, -0.05) is 22.0 Å². The van der Waals surface area contributed by atoms with Crippen LogP contribution in [0.1, 0.15) is 12.8 Å². The maximum atomic E-state index is 9.90. The van der Waals surface area contributed by atoms with Crippen molar-refractivity contribution in [1.29, 1.82) is 0 Å². The first-order chi connectivity index (χ1) is 9.24. The fraction of sp³-hybridized carbons (Fsp3) is 0.571. The molecule has 19 heavy (non-hydrogen) atoms. The average molecular weight is 346 g/mol. The van der Waals surface area contributed by atoms with E-state index in [1.54, 1.807) is 0 Å².